The van der Waals surface area contributed by atoms with Crippen molar-refractivity contribution >= 4 is 40.1 Å². The van der Waals surface area contributed by atoms with E-state index in [-0.39, 0.29) is 139 Å². The number of rotatable bonds is 20. The van der Waals surface area contributed by atoms with Gasteiger partial charge in [0.1, 0.15) is 65.6 Å². The predicted octanol–water partition coefficient (Wildman–Crippen LogP) is 24.1. The lowest BCUT2D eigenvalue weighted by atomic mass is 10.0. The molecule has 1 N–H and O–H groups in total. The Labute approximate surface area is 795 Å². The van der Waals surface area contributed by atoms with Gasteiger partial charge in [-0.1, -0.05) is 53.7 Å². The number of nitrogens with one attached hydrogen (secondary N) is 1. The number of ether oxygens (including phenoxy) is 12. The van der Waals surface area contributed by atoms with Crippen molar-refractivity contribution in [2.45, 2.75) is 108 Å². The van der Waals surface area contributed by atoms with Crippen LogP contribution < -0.4 is 62.2 Å². The van der Waals surface area contributed by atoms with Crippen molar-refractivity contribution in [3.8, 4) is 125 Å². The third-order valence-corrected chi connectivity index (χ3v) is 23.1. The summed E-state index contributed by atoms with van der Waals surface area (Å²) in [7, 11) is -1.88. The lowest BCUT2D eigenvalue weighted by Gasteiger charge is -2.09. The predicted molar refractivity (Wildman–Crippen MR) is 465 cm³/mol. The van der Waals surface area contributed by atoms with Gasteiger partial charge in [0.05, 0.1) is 27.1 Å². The van der Waals surface area contributed by atoms with Gasteiger partial charge in [-0.3, -0.25) is 4.21 Å². The Hall–Kier alpha value is -15.5. The molecule has 5 aliphatic rings. The van der Waals surface area contributed by atoms with Crippen molar-refractivity contribution in [3.05, 3.63) is 327 Å². The van der Waals surface area contributed by atoms with Gasteiger partial charge in [0.25, 0.3) is 0 Å². The first-order valence-electron chi connectivity index (χ1n) is 40.8. The van der Waals surface area contributed by atoms with Crippen molar-refractivity contribution < 1.29 is 144 Å². The summed E-state index contributed by atoms with van der Waals surface area (Å²) in [5.74, 6) is -7.07. The molecule has 0 fully saturated rings. The molecule has 5 aromatic heterocycles. The number of hydrogen-bond acceptors (Lipinski definition) is 25. The Morgan fingerprint density at radius 2 is 0.567 bits per heavy atom. The Balaban J connectivity index is 0.000000127. The summed E-state index contributed by atoms with van der Waals surface area (Å²) in [5, 5.41) is 3.20. The molecular formula is C95H61ClF19N11O13S2. The SMILES string of the molecule is Cc1cc2c(cc1-c1cnc(NCc3c(F)cccc3F)nc1)OC(F)(F)O2.Cc1cc2c(cc1-c1cnc(OCc3c(F)cccc3Cl)nc1)OC(F)(F)O2.Cc1cc2c(cc1-c1cnc(OCc3c(F)cccc3F)nc1)OC(F)(F)O2.Cc1cc2c(cc1-c1cnc(S(=O)Cc3c(F)cccc3F)nc1)OC(F)(F)O2.Cc1cc2c(cc1-c1cnc(SCc3c(F)cccc3F)nc1)OC(F)(F)O2. The molecule has 726 valence electrons. The first-order chi connectivity index (χ1) is 67.0. The van der Waals surface area contributed by atoms with Gasteiger partial charge in [-0.05, 0) is 212 Å². The van der Waals surface area contributed by atoms with Crippen LogP contribution in [0.4, 0.5) is 89.4 Å². The number of nitrogens with zero attached hydrogens (tertiary/aromatic N) is 10. The minimum absolute atomic E-state index is 0.0213. The highest BCUT2D eigenvalue weighted by atomic mass is 35.5. The van der Waals surface area contributed by atoms with Crippen molar-refractivity contribution in [3.63, 3.8) is 0 Å². The van der Waals surface area contributed by atoms with Gasteiger partial charge in [-0.25, -0.2) is 89.4 Å². The average molecular weight is 2030 g/mol. The fraction of sp³-hybridized carbons (Fsp3) is 0.158. The van der Waals surface area contributed by atoms with Crippen LogP contribution in [0.3, 0.4) is 0 Å². The number of anilines is 1. The second-order valence-electron chi connectivity index (χ2n) is 30.4. The number of thioether (sulfide) groups is 1. The number of halogens is 20. The third-order valence-electron chi connectivity index (χ3n) is 20.7. The van der Waals surface area contributed by atoms with E-state index in [1.165, 1.54) is 171 Å². The lowest BCUT2D eigenvalue weighted by molar-refractivity contribution is -0.287. The normalized spacial score (nSPS) is 14.4. The molecule has 5 aliphatic heterocycles. The van der Waals surface area contributed by atoms with Crippen LogP contribution in [0.2, 0.25) is 5.02 Å². The van der Waals surface area contributed by atoms with Gasteiger partial charge in [0.15, 0.2) is 62.7 Å². The molecule has 0 radical (unpaired) electrons. The quantitative estimate of drug-likeness (QED) is 0.0422. The van der Waals surface area contributed by atoms with Crippen LogP contribution in [-0.2, 0) is 42.1 Å². The van der Waals surface area contributed by atoms with Crippen LogP contribution in [-0.4, -0.2) is 85.5 Å². The van der Waals surface area contributed by atoms with Gasteiger partial charge in [-0.15, -0.1) is 43.9 Å². The standard InChI is InChI=1S/C19H12ClF3N2O3.C19H13F4N3O2.C19H12F4N2O3S.C19H12F4N2O3.C19H12F4N2O2S/c2*1-10-5-16-17(28-19(22,23)27-16)6-12(10)11-7-24-18(25-8-11)26-9-13-14(20)3-2-4-15(13)21;1-10-5-16-17(28-19(22,23)27-16)6-12(10)11-7-24-18(25-8-11)29(26)9-13-14(20)3-2-4-15(13)21;1-10-5-16-17(28-19(22,23)27-16)6-12(10)11-7-24-18(25-8-11)26-9-13-14(20)3-2-4-15(13)21;1-10-5-16-17(27-19(22,23)26-16)6-12(10)11-7-24-18(25-8-11)28-9-13-14(20)3-2-4-15(13)21/h2-8H,9H2,1H3;2-8H,9H2,1H3,(H,24,25,26);2-8H,9H2,1H3;2*2-8H,9H2,1H3. The number of benzene rings is 10. The molecule has 0 aliphatic carbocycles. The van der Waals surface area contributed by atoms with E-state index >= 15 is 0 Å². The van der Waals surface area contributed by atoms with E-state index in [4.69, 9.17) is 21.1 Å². The summed E-state index contributed by atoms with van der Waals surface area (Å²) in [5.41, 5.74) is 8.31. The van der Waals surface area contributed by atoms with E-state index < -0.39 is 100 Å². The third kappa shape index (κ3) is 23.4. The second kappa shape index (κ2) is 40.5. The van der Waals surface area contributed by atoms with Crippen molar-refractivity contribution in [2.24, 2.45) is 0 Å². The maximum atomic E-state index is 13.8. The van der Waals surface area contributed by atoms with Crippen LogP contribution >= 0.6 is 23.4 Å². The zero-order valence-corrected chi connectivity index (χ0v) is 74.8. The van der Waals surface area contributed by atoms with Crippen LogP contribution in [0.25, 0.3) is 55.6 Å². The molecular weight excluding hydrogens is 1960 g/mol. The largest absolute Gasteiger partial charge is 0.586 e. The zero-order valence-electron chi connectivity index (χ0n) is 72.4. The summed E-state index contributed by atoms with van der Waals surface area (Å²) < 4.78 is 323. The Bertz CT molecular complexity index is 6510. The molecule has 0 spiro atoms. The first kappa shape index (κ1) is 98.5. The molecule has 0 saturated heterocycles. The summed E-state index contributed by atoms with van der Waals surface area (Å²) in [6, 6.07) is 32.7. The molecule has 0 bridgehead atoms. The first-order valence-corrected chi connectivity index (χ1v) is 43.5. The molecule has 0 saturated carbocycles. The molecule has 10 heterocycles. The van der Waals surface area contributed by atoms with Gasteiger partial charge >= 0.3 is 43.5 Å². The van der Waals surface area contributed by atoms with Gasteiger partial charge < -0.3 is 62.2 Å². The molecule has 20 rings (SSSR count). The smallest absolute Gasteiger partial charge is 0.458 e. The molecule has 46 heteroatoms. The van der Waals surface area contributed by atoms with E-state index in [0.717, 1.165) is 48.2 Å². The fourth-order valence-electron chi connectivity index (χ4n) is 13.9. The molecule has 10 aromatic carbocycles. The van der Waals surface area contributed by atoms with Gasteiger partial charge in [-0.2, -0.15) is 0 Å². The Kier molecular flexibility index (Phi) is 28.3. The van der Waals surface area contributed by atoms with E-state index in [0.29, 0.717) is 88.6 Å². The highest BCUT2D eigenvalue weighted by molar-refractivity contribution is 7.98. The molecule has 15 aromatic rings. The van der Waals surface area contributed by atoms with E-state index in [1.54, 1.807) is 40.7 Å². The second-order valence-corrected chi connectivity index (χ2v) is 33.1. The number of aryl methyl sites for hydroxylation is 5. The van der Waals surface area contributed by atoms with Crippen molar-refractivity contribution in [1.29, 1.82) is 0 Å². The highest BCUT2D eigenvalue weighted by Crippen LogP contribution is 2.51. The summed E-state index contributed by atoms with van der Waals surface area (Å²) in [4.78, 5) is 40.7. The summed E-state index contributed by atoms with van der Waals surface area (Å²) >= 11 is 7.03. The Morgan fingerprint density at radius 1 is 0.319 bits per heavy atom. The number of aromatic nitrogens is 10. The maximum absolute atomic E-state index is 13.8. The Morgan fingerprint density at radius 3 is 0.879 bits per heavy atom. The van der Waals surface area contributed by atoms with Gasteiger partial charge in [0, 0.05) is 124 Å². The maximum Gasteiger partial charge on any atom is 0.586 e. The minimum Gasteiger partial charge on any atom is -0.458 e. The van der Waals surface area contributed by atoms with Crippen molar-refractivity contribution in [2.75, 3.05) is 5.32 Å². The van der Waals surface area contributed by atoms with Crippen LogP contribution in [0, 0.1) is 87.0 Å². The van der Waals surface area contributed by atoms with E-state index in [1.807, 2.05) is 0 Å². The van der Waals surface area contributed by atoms with Crippen LogP contribution in [0.1, 0.15) is 55.6 Å². The fourth-order valence-corrected chi connectivity index (χ4v) is 15.9. The van der Waals surface area contributed by atoms with Gasteiger partial charge in [0.2, 0.25) is 11.1 Å². The monoisotopic (exact) mass is 2020 g/mol. The van der Waals surface area contributed by atoms with Crippen LogP contribution in [0.5, 0.6) is 69.5 Å². The van der Waals surface area contributed by atoms with Crippen LogP contribution in [0.15, 0.2) is 224 Å². The summed E-state index contributed by atoms with van der Waals surface area (Å²) in [6.45, 7) is 7.94. The zero-order chi connectivity index (χ0) is 100. The average Bonchev–Trinajstić information content (AvgIpc) is 1.64. The van der Waals surface area contributed by atoms with E-state index in [9.17, 15) is 87.6 Å². The molecule has 1 unspecified atom stereocenters. The minimum atomic E-state index is -3.73. The van der Waals surface area contributed by atoms with E-state index in [2.05, 4.69) is 103 Å². The van der Waals surface area contributed by atoms with Crippen molar-refractivity contribution in [1.82, 2.24) is 49.8 Å². The molecule has 0 amide bonds. The lowest BCUT2D eigenvalue weighted by Crippen LogP contribution is -2.25. The topological polar surface area (TPSA) is 269 Å². The number of alkyl halides is 10. The molecule has 141 heavy (non-hydrogen) atoms. The molecule has 24 nitrogen and oxygen atoms in total. The summed E-state index contributed by atoms with van der Waals surface area (Å²) in [6.07, 6.45) is -4.11. The molecule has 1 atom stereocenters. The number of fused-ring (bicyclic) bond motifs is 5. The number of hydrogen-bond donors (Lipinski definition) is 1. The highest BCUT2D eigenvalue weighted by Gasteiger charge is 2.48.